The molecule has 0 aliphatic carbocycles. The van der Waals surface area contributed by atoms with Crippen LogP contribution in [0, 0.1) is 0 Å². The lowest BCUT2D eigenvalue weighted by atomic mass is 10.4. The van der Waals surface area contributed by atoms with Crippen LogP contribution in [0.5, 0.6) is 0 Å². The summed E-state index contributed by atoms with van der Waals surface area (Å²) in [5.41, 5.74) is 3.87. The van der Waals surface area contributed by atoms with Crippen molar-refractivity contribution in [3.63, 3.8) is 0 Å². The van der Waals surface area contributed by atoms with Crippen molar-refractivity contribution in [1.82, 2.24) is 0 Å². The molecule has 1 rings (SSSR count). The Bertz CT molecular complexity index is 311. The minimum absolute atomic E-state index is 0.763. The van der Waals surface area contributed by atoms with Gasteiger partial charge in [-0.3, -0.25) is 0 Å². The average molecular weight is 218 g/mol. The largest absolute Gasteiger partial charge is 0.405 e. The van der Waals surface area contributed by atoms with Gasteiger partial charge in [0.25, 0.3) is 8.32 Å². The molecule has 1 nitrogen and oxygen atoms in total. The molecule has 0 saturated carbocycles. The fourth-order valence-corrected chi connectivity index (χ4v) is 3.79. The second-order valence-corrected chi connectivity index (χ2v) is 6.68. The summed E-state index contributed by atoms with van der Waals surface area (Å²) < 4.78 is 5.97. The molecule has 0 spiro atoms. The van der Waals surface area contributed by atoms with Crippen LogP contribution >= 0.6 is 0 Å². The highest BCUT2D eigenvalue weighted by Gasteiger charge is 2.29. The van der Waals surface area contributed by atoms with Crippen molar-refractivity contribution < 1.29 is 4.43 Å². The quantitative estimate of drug-likeness (QED) is 0.667. The predicted octanol–water partition coefficient (Wildman–Crippen LogP) is 2.72. The van der Waals surface area contributed by atoms with Crippen molar-refractivity contribution in [3.8, 4) is 0 Å². The molecule has 0 heterocycles. The first-order valence-corrected chi connectivity index (χ1v) is 7.32. The van der Waals surface area contributed by atoms with Gasteiger partial charge in [-0.2, -0.15) is 0 Å². The first-order valence-electron chi connectivity index (χ1n) is 5.25. The molecule has 80 valence electrons. The van der Waals surface area contributed by atoms with Crippen molar-refractivity contribution >= 4 is 13.5 Å². The Morgan fingerprint density at radius 2 is 1.80 bits per heavy atom. The third kappa shape index (κ3) is 2.67. The van der Waals surface area contributed by atoms with Gasteiger partial charge in [-0.25, -0.2) is 0 Å². The third-order valence-corrected chi connectivity index (χ3v) is 5.51. The number of benzene rings is 1. The van der Waals surface area contributed by atoms with E-state index in [0.717, 1.165) is 13.0 Å². The molecule has 0 fully saturated rings. The zero-order chi connectivity index (χ0) is 11.1. The van der Waals surface area contributed by atoms with Crippen LogP contribution in [0.3, 0.4) is 0 Å². The van der Waals surface area contributed by atoms with Gasteiger partial charge in [0.05, 0.1) is 0 Å². The van der Waals surface area contributed by atoms with E-state index in [1.54, 1.807) is 0 Å². The van der Waals surface area contributed by atoms with Gasteiger partial charge in [0.2, 0.25) is 0 Å². The first-order chi connectivity index (χ1) is 7.29. The summed E-state index contributed by atoms with van der Waals surface area (Å²) in [5.74, 6) is 0. The fourth-order valence-electron chi connectivity index (χ4n) is 1.49. The zero-order valence-corrected chi connectivity index (χ0v) is 10.3. The summed E-state index contributed by atoms with van der Waals surface area (Å²) in [6.45, 7) is 10.7. The second kappa shape index (κ2) is 5.68. The van der Waals surface area contributed by atoms with Crippen molar-refractivity contribution in [2.75, 3.05) is 6.61 Å². The lowest BCUT2D eigenvalue weighted by Gasteiger charge is -2.24. The Labute approximate surface area is 93.2 Å². The molecule has 0 bridgehead atoms. The highest BCUT2D eigenvalue weighted by atomic mass is 28.4. The molecule has 0 amide bonds. The molecule has 0 aliphatic rings. The SMILES string of the molecule is C=C[Si](C=C)(OCCC)c1ccccc1. The van der Waals surface area contributed by atoms with E-state index in [-0.39, 0.29) is 0 Å². The van der Waals surface area contributed by atoms with Gasteiger partial charge in [0.1, 0.15) is 0 Å². The van der Waals surface area contributed by atoms with E-state index < -0.39 is 8.32 Å². The highest BCUT2D eigenvalue weighted by Crippen LogP contribution is 2.09. The lowest BCUT2D eigenvalue weighted by molar-refractivity contribution is 0.322. The lowest BCUT2D eigenvalue weighted by Crippen LogP contribution is -2.47. The first kappa shape index (κ1) is 11.9. The summed E-state index contributed by atoms with van der Waals surface area (Å²) in [6.07, 6.45) is 1.02. The fraction of sp³-hybridized carbons (Fsp3) is 0.231. The molecule has 0 radical (unpaired) electrons. The summed E-state index contributed by atoms with van der Waals surface area (Å²) in [6, 6.07) is 10.2. The van der Waals surface area contributed by atoms with Crippen LogP contribution in [0.2, 0.25) is 0 Å². The van der Waals surface area contributed by atoms with E-state index in [2.05, 4.69) is 32.2 Å². The predicted molar refractivity (Wildman–Crippen MR) is 68.5 cm³/mol. The van der Waals surface area contributed by atoms with E-state index in [1.165, 1.54) is 5.19 Å². The zero-order valence-electron chi connectivity index (χ0n) is 9.28. The molecule has 0 aromatic heterocycles. The molecule has 2 heteroatoms. The molecule has 0 saturated heterocycles. The van der Waals surface area contributed by atoms with Gasteiger partial charge in [0, 0.05) is 6.61 Å². The summed E-state index contributed by atoms with van der Waals surface area (Å²) in [4.78, 5) is 0. The molecule has 0 N–H and O–H groups in total. The van der Waals surface area contributed by atoms with Crippen molar-refractivity contribution in [2.45, 2.75) is 13.3 Å². The summed E-state index contributed by atoms with van der Waals surface area (Å²) in [5, 5.41) is 1.21. The van der Waals surface area contributed by atoms with Crippen molar-refractivity contribution in [1.29, 1.82) is 0 Å². The van der Waals surface area contributed by atoms with Crippen LogP contribution in [0.4, 0.5) is 0 Å². The van der Waals surface area contributed by atoms with Crippen molar-refractivity contribution in [2.24, 2.45) is 0 Å². The highest BCUT2D eigenvalue weighted by molar-refractivity contribution is 6.94. The molecule has 0 aliphatic heterocycles. The molecule has 1 aromatic carbocycles. The standard InChI is InChI=1S/C13H18OSi/c1-4-12-14-15(5-2,6-3)13-10-8-7-9-11-13/h5-11H,2-4,12H2,1H3. The number of hydrogen-bond acceptors (Lipinski definition) is 1. The normalized spacial score (nSPS) is 11.0. The Morgan fingerprint density at radius 3 is 2.27 bits per heavy atom. The maximum absolute atomic E-state index is 5.97. The molecule has 1 aromatic rings. The minimum atomic E-state index is -2.11. The van der Waals surface area contributed by atoms with Crippen LogP contribution in [-0.2, 0) is 4.43 Å². The smallest absolute Gasteiger partial charge is 0.272 e. The van der Waals surface area contributed by atoms with Crippen LogP contribution in [0.15, 0.2) is 54.9 Å². The van der Waals surface area contributed by atoms with E-state index in [0.29, 0.717) is 0 Å². The maximum atomic E-state index is 5.97. The summed E-state index contributed by atoms with van der Waals surface area (Å²) >= 11 is 0. The molecule has 15 heavy (non-hydrogen) atoms. The van der Waals surface area contributed by atoms with Gasteiger partial charge in [0.15, 0.2) is 0 Å². The van der Waals surface area contributed by atoms with E-state index in [4.69, 9.17) is 4.43 Å². The number of hydrogen-bond donors (Lipinski definition) is 0. The third-order valence-electron chi connectivity index (χ3n) is 2.38. The average Bonchev–Trinajstić information content (AvgIpc) is 2.33. The van der Waals surface area contributed by atoms with Gasteiger partial charge in [-0.05, 0) is 11.6 Å². The minimum Gasteiger partial charge on any atom is -0.405 e. The van der Waals surface area contributed by atoms with Crippen LogP contribution in [0.25, 0.3) is 0 Å². The van der Waals surface area contributed by atoms with Crippen molar-refractivity contribution in [3.05, 3.63) is 54.9 Å². The second-order valence-electron chi connectivity index (χ2n) is 3.42. The molecule has 0 atom stereocenters. The monoisotopic (exact) mass is 218 g/mol. The Hall–Kier alpha value is -1.12. The van der Waals surface area contributed by atoms with Gasteiger partial charge < -0.3 is 4.43 Å². The Balaban J connectivity index is 3.00. The molecular weight excluding hydrogens is 200 g/mol. The van der Waals surface area contributed by atoms with E-state index in [9.17, 15) is 0 Å². The van der Waals surface area contributed by atoms with Gasteiger partial charge in [-0.1, -0.05) is 48.7 Å². The Morgan fingerprint density at radius 1 is 1.20 bits per heavy atom. The maximum Gasteiger partial charge on any atom is 0.272 e. The van der Waals surface area contributed by atoms with E-state index >= 15 is 0 Å². The van der Waals surface area contributed by atoms with Crippen LogP contribution in [-0.4, -0.2) is 14.9 Å². The summed E-state index contributed by atoms with van der Waals surface area (Å²) in [7, 11) is -2.11. The number of rotatable bonds is 6. The van der Waals surface area contributed by atoms with Gasteiger partial charge >= 0.3 is 0 Å². The molecule has 0 unspecified atom stereocenters. The molecular formula is C13H18OSi. The van der Waals surface area contributed by atoms with Gasteiger partial charge in [-0.15, -0.1) is 13.2 Å². The van der Waals surface area contributed by atoms with E-state index in [1.807, 2.05) is 29.6 Å². The topological polar surface area (TPSA) is 9.23 Å². The van der Waals surface area contributed by atoms with Crippen LogP contribution < -0.4 is 5.19 Å². The Kier molecular flexibility index (Phi) is 4.53. The van der Waals surface area contributed by atoms with Crippen LogP contribution in [0.1, 0.15) is 13.3 Å².